The molecule has 3 N–H and O–H groups in total. The summed E-state index contributed by atoms with van der Waals surface area (Å²) in [4.78, 5) is 0. The minimum atomic E-state index is 0.738. The first-order valence-corrected chi connectivity index (χ1v) is 5.92. The maximum absolute atomic E-state index is 5.64. The number of anilines is 1. The Morgan fingerprint density at radius 1 is 1.07 bits per heavy atom. The van der Waals surface area contributed by atoms with Crippen LogP contribution < -0.4 is 11.1 Å². The highest BCUT2D eigenvalue weighted by Crippen LogP contribution is 2.25. The third-order valence-corrected chi connectivity index (χ3v) is 2.75. The van der Waals surface area contributed by atoms with Crippen molar-refractivity contribution in [1.29, 1.82) is 0 Å². The van der Waals surface area contributed by atoms with E-state index in [1.165, 1.54) is 18.4 Å². The van der Waals surface area contributed by atoms with Gasteiger partial charge in [0.15, 0.2) is 0 Å². The molecule has 0 unspecified atom stereocenters. The quantitative estimate of drug-likeness (QED) is 0.693. The number of benzene rings is 1. The van der Waals surface area contributed by atoms with Gasteiger partial charge in [0.25, 0.3) is 0 Å². The molecule has 2 rings (SSSR count). The van der Waals surface area contributed by atoms with Gasteiger partial charge in [0.05, 0.1) is 0 Å². The molecule has 1 fully saturated rings. The monoisotopic (exact) mass is 206 g/mol. The molecule has 0 atom stereocenters. The normalized spacial score (nSPS) is 16.7. The van der Waals surface area contributed by atoms with E-state index in [-0.39, 0.29) is 0 Å². The minimum Gasteiger partial charge on any atom is -0.399 e. The minimum absolute atomic E-state index is 0.738. The van der Waals surface area contributed by atoms with Crippen LogP contribution in [0.2, 0.25) is 0 Å². The molecule has 15 heavy (non-hydrogen) atoms. The zero-order chi connectivity index (χ0) is 11.1. The highest BCUT2D eigenvalue weighted by Gasteiger charge is 2.14. The zero-order valence-corrected chi connectivity index (χ0v) is 9.79. The van der Waals surface area contributed by atoms with Crippen LogP contribution in [0, 0.1) is 0 Å². The lowest BCUT2D eigenvalue weighted by atomic mass is 9.90. The standard InChI is InChI=1S/C11H16N2.C2H6/c12-11-3-1-9(2-4-11)10-5-7-13-8-6-10;1-2/h1-4,10,13H,5-8,12H2;1-2H3. The summed E-state index contributed by atoms with van der Waals surface area (Å²) < 4.78 is 0. The van der Waals surface area contributed by atoms with E-state index in [4.69, 9.17) is 5.73 Å². The van der Waals surface area contributed by atoms with Crippen molar-refractivity contribution < 1.29 is 0 Å². The van der Waals surface area contributed by atoms with E-state index in [2.05, 4.69) is 17.4 Å². The van der Waals surface area contributed by atoms with Gasteiger partial charge in [0.2, 0.25) is 0 Å². The van der Waals surface area contributed by atoms with Gasteiger partial charge >= 0.3 is 0 Å². The maximum Gasteiger partial charge on any atom is 0.0314 e. The molecule has 1 aromatic carbocycles. The summed E-state index contributed by atoms with van der Waals surface area (Å²) in [7, 11) is 0. The van der Waals surface area contributed by atoms with Gasteiger partial charge in [0, 0.05) is 5.69 Å². The third-order valence-electron chi connectivity index (χ3n) is 2.75. The van der Waals surface area contributed by atoms with Crippen LogP contribution in [0.15, 0.2) is 24.3 Å². The Morgan fingerprint density at radius 3 is 2.13 bits per heavy atom. The average Bonchev–Trinajstić information content (AvgIpc) is 2.34. The first-order valence-electron chi connectivity index (χ1n) is 5.92. The summed E-state index contributed by atoms with van der Waals surface area (Å²) in [6.45, 7) is 6.30. The summed E-state index contributed by atoms with van der Waals surface area (Å²) >= 11 is 0. The van der Waals surface area contributed by atoms with Gasteiger partial charge in [-0.15, -0.1) is 0 Å². The van der Waals surface area contributed by atoms with Gasteiger partial charge in [-0.05, 0) is 49.5 Å². The molecule has 0 radical (unpaired) electrons. The van der Waals surface area contributed by atoms with Gasteiger partial charge < -0.3 is 11.1 Å². The molecule has 1 aliphatic rings. The van der Waals surface area contributed by atoms with Gasteiger partial charge in [-0.2, -0.15) is 0 Å². The van der Waals surface area contributed by atoms with Crippen LogP contribution in [0.5, 0.6) is 0 Å². The van der Waals surface area contributed by atoms with Crippen molar-refractivity contribution in [3.63, 3.8) is 0 Å². The van der Waals surface area contributed by atoms with Gasteiger partial charge in [-0.1, -0.05) is 26.0 Å². The fourth-order valence-electron chi connectivity index (χ4n) is 1.92. The van der Waals surface area contributed by atoms with Crippen molar-refractivity contribution in [2.75, 3.05) is 18.8 Å². The van der Waals surface area contributed by atoms with Crippen LogP contribution in [0.25, 0.3) is 0 Å². The Bertz CT molecular complexity index is 260. The van der Waals surface area contributed by atoms with Crippen molar-refractivity contribution in [1.82, 2.24) is 5.32 Å². The number of nitrogens with two attached hydrogens (primary N) is 1. The maximum atomic E-state index is 5.64. The molecule has 0 saturated carbocycles. The van der Waals surface area contributed by atoms with Crippen molar-refractivity contribution in [3.05, 3.63) is 29.8 Å². The lowest BCUT2D eigenvalue weighted by Gasteiger charge is -2.22. The second-order valence-corrected chi connectivity index (χ2v) is 3.69. The summed E-state index contributed by atoms with van der Waals surface area (Å²) in [5.41, 5.74) is 7.94. The summed E-state index contributed by atoms with van der Waals surface area (Å²) in [6, 6.07) is 8.31. The predicted octanol–water partition coefficient (Wildman–Crippen LogP) is 2.76. The number of nitrogen functional groups attached to an aromatic ring is 1. The van der Waals surface area contributed by atoms with Crippen molar-refractivity contribution in [2.24, 2.45) is 0 Å². The van der Waals surface area contributed by atoms with Crippen LogP contribution >= 0.6 is 0 Å². The molecular formula is C13H22N2. The summed E-state index contributed by atoms with van der Waals surface area (Å²) in [6.07, 6.45) is 2.51. The van der Waals surface area contributed by atoms with Crippen LogP contribution in [-0.2, 0) is 0 Å². The van der Waals surface area contributed by atoms with Gasteiger partial charge in [-0.3, -0.25) is 0 Å². The molecule has 84 valence electrons. The van der Waals surface area contributed by atoms with Crippen molar-refractivity contribution in [3.8, 4) is 0 Å². The lowest BCUT2D eigenvalue weighted by Crippen LogP contribution is -2.26. The molecule has 0 aromatic heterocycles. The number of rotatable bonds is 1. The largest absolute Gasteiger partial charge is 0.399 e. The molecule has 2 heteroatoms. The third kappa shape index (κ3) is 3.56. The van der Waals surface area contributed by atoms with Gasteiger partial charge in [-0.25, -0.2) is 0 Å². The van der Waals surface area contributed by atoms with Crippen LogP contribution in [0.3, 0.4) is 0 Å². The fraction of sp³-hybridized carbons (Fsp3) is 0.538. The first kappa shape index (κ1) is 12.1. The van der Waals surface area contributed by atoms with Crippen LogP contribution in [0.1, 0.15) is 38.2 Å². The summed E-state index contributed by atoms with van der Waals surface area (Å²) in [5.74, 6) is 0.738. The predicted molar refractivity (Wildman–Crippen MR) is 67.0 cm³/mol. The number of piperidine rings is 1. The first-order chi connectivity index (χ1) is 7.36. The molecule has 0 spiro atoms. The molecule has 0 amide bonds. The van der Waals surface area contributed by atoms with E-state index < -0.39 is 0 Å². The van der Waals surface area contributed by atoms with Crippen LogP contribution in [0.4, 0.5) is 5.69 Å². The highest BCUT2D eigenvalue weighted by molar-refractivity contribution is 5.40. The topological polar surface area (TPSA) is 38.0 Å². The van der Waals surface area contributed by atoms with E-state index in [9.17, 15) is 0 Å². The van der Waals surface area contributed by atoms with E-state index >= 15 is 0 Å². The SMILES string of the molecule is CC.Nc1ccc(C2CCNCC2)cc1. The van der Waals surface area contributed by atoms with Crippen molar-refractivity contribution >= 4 is 5.69 Å². The molecule has 1 aromatic rings. The second-order valence-electron chi connectivity index (χ2n) is 3.69. The lowest BCUT2D eigenvalue weighted by molar-refractivity contribution is 0.460. The summed E-state index contributed by atoms with van der Waals surface area (Å²) in [5, 5.41) is 3.37. The Labute approximate surface area is 92.9 Å². The van der Waals surface area contributed by atoms with Gasteiger partial charge in [0.1, 0.15) is 0 Å². The highest BCUT2D eigenvalue weighted by atomic mass is 14.9. The molecule has 2 nitrogen and oxygen atoms in total. The number of hydrogen-bond donors (Lipinski definition) is 2. The Balaban J connectivity index is 0.000000531. The average molecular weight is 206 g/mol. The molecule has 1 heterocycles. The number of nitrogens with one attached hydrogen (secondary N) is 1. The van der Waals surface area contributed by atoms with E-state index in [0.29, 0.717) is 0 Å². The number of hydrogen-bond acceptors (Lipinski definition) is 2. The fourth-order valence-corrected chi connectivity index (χ4v) is 1.92. The Kier molecular flexibility index (Phi) is 5.19. The smallest absolute Gasteiger partial charge is 0.0314 e. The molecule has 1 aliphatic heterocycles. The molecule has 0 bridgehead atoms. The van der Waals surface area contributed by atoms with E-state index in [1.54, 1.807) is 0 Å². The van der Waals surface area contributed by atoms with Crippen molar-refractivity contribution in [2.45, 2.75) is 32.6 Å². The Hall–Kier alpha value is -1.02. The molecule has 1 saturated heterocycles. The van der Waals surface area contributed by atoms with E-state index in [1.807, 2.05) is 26.0 Å². The second kappa shape index (κ2) is 6.46. The zero-order valence-electron chi connectivity index (χ0n) is 9.79. The molecular weight excluding hydrogens is 184 g/mol. The van der Waals surface area contributed by atoms with E-state index in [0.717, 1.165) is 24.7 Å². The Morgan fingerprint density at radius 2 is 1.60 bits per heavy atom. The molecule has 0 aliphatic carbocycles. The van der Waals surface area contributed by atoms with Crippen LogP contribution in [-0.4, -0.2) is 13.1 Å².